The Morgan fingerprint density at radius 3 is 2.00 bits per heavy atom. The van der Waals surface area contributed by atoms with Gasteiger partial charge in [-0.05, 0) is 0 Å². The van der Waals surface area contributed by atoms with Crippen LogP contribution in [0, 0.1) is 0 Å². The first-order chi connectivity index (χ1) is 2.77. The average molecular weight is 153 g/mol. The zero-order valence-corrected chi connectivity index (χ0v) is 5.94. The van der Waals surface area contributed by atoms with E-state index in [1.54, 1.807) is 0 Å². The molecule has 0 bridgehead atoms. The topological polar surface area (TPSA) is 23.1 Å². The number of hydrogen-bond donors (Lipinski definition) is 0. The second kappa shape index (κ2) is 3.66. The first-order valence-corrected chi connectivity index (χ1v) is 6.53. The maximum atomic E-state index is 9.77. The summed E-state index contributed by atoms with van der Waals surface area (Å²) >= 11 is -0.376. The Balaban J connectivity index is 2.63. The van der Waals surface area contributed by atoms with Gasteiger partial charge in [-0.15, -0.1) is 0 Å². The van der Waals surface area contributed by atoms with Crippen LogP contribution in [0.5, 0.6) is 0 Å². The van der Waals surface area contributed by atoms with Gasteiger partial charge >= 0.3 is 42.6 Å². The van der Waals surface area contributed by atoms with E-state index in [2.05, 4.69) is 11.6 Å². The van der Waals surface area contributed by atoms with Gasteiger partial charge in [0, 0.05) is 0 Å². The normalized spacial score (nSPS) is 10.0. The molecule has 0 aliphatic heterocycles. The number of hydrogen-bond acceptors (Lipinski definition) is 1. The first-order valence-electron chi connectivity index (χ1n) is 1.89. The van der Waals surface area contributed by atoms with Crippen LogP contribution >= 0.6 is 0 Å². The predicted molar refractivity (Wildman–Crippen MR) is 27.2 cm³/mol. The predicted octanol–water partition coefficient (Wildman–Crippen LogP) is 0.101. The first kappa shape index (κ1) is 6.48. The minimum absolute atomic E-state index is 0.137. The Bertz CT molecular complexity index is 28.7. The summed E-state index contributed by atoms with van der Waals surface area (Å²) in [5.74, 6) is 4.36. The van der Waals surface area contributed by atoms with Crippen molar-refractivity contribution in [2.45, 2.75) is 17.0 Å². The molecule has 0 rings (SSSR count). The monoisotopic (exact) mass is 154 g/mol. The van der Waals surface area contributed by atoms with Gasteiger partial charge in [0.05, 0.1) is 0 Å². The van der Waals surface area contributed by atoms with E-state index in [-0.39, 0.29) is 20.5 Å². The van der Waals surface area contributed by atoms with Crippen LogP contribution in [-0.2, 0) is 0 Å². The molecule has 6 heavy (non-hydrogen) atoms. The fraction of sp³-hybridized carbons (Fsp3) is 1.00. The van der Waals surface area contributed by atoms with Crippen molar-refractivity contribution in [2.75, 3.05) is 6.61 Å². The summed E-state index contributed by atoms with van der Waals surface area (Å²) in [4.78, 5) is 0. The standard InChI is InChI=1S/C4H10OSe/c1-6(2)4-3-5/h3-4H2,1-2H3. The summed E-state index contributed by atoms with van der Waals surface area (Å²) in [5.41, 5.74) is 0. The minimum atomic E-state index is -0.376. The third kappa shape index (κ3) is 4.48. The molecule has 0 spiro atoms. The molecular formula is C4H10OSe. The molecule has 0 aromatic carbocycles. The molecule has 0 aliphatic rings. The summed E-state index contributed by atoms with van der Waals surface area (Å²) in [6, 6.07) is 0. The Kier molecular flexibility index (Phi) is 3.95. The summed E-state index contributed by atoms with van der Waals surface area (Å²) in [5, 5.41) is 10.7. The molecule has 38 valence electrons. The van der Waals surface area contributed by atoms with Crippen molar-refractivity contribution in [2.24, 2.45) is 0 Å². The van der Waals surface area contributed by atoms with E-state index in [4.69, 9.17) is 0 Å². The molecule has 0 heterocycles. The zero-order valence-electron chi connectivity index (χ0n) is 4.23. The molecule has 0 fully saturated rings. The molecule has 0 aromatic rings. The molecule has 0 aromatic heterocycles. The van der Waals surface area contributed by atoms with Gasteiger partial charge in [0.25, 0.3) is 0 Å². The van der Waals surface area contributed by atoms with Gasteiger partial charge in [-0.2, -0.15) is 0 Å². The summed E-state index contributed by atoms with van der Waals surface area (Å²) in [6.07, 6.45) is 0. The van der Waals surface area contributed by atoms with Crippen LogP contribution in [0.1, 0.15) is 0 Å². The molecule has 2 heteroatoms. The van der Waals surface area contributed by atoms with Crippen LogP contribution in [0.15, 0.2) is 0 Å². The third-order valence-electron chi connectivity index (χ3n) is 0.492. The molecule has 0 atom stereocenters. The van der Waals surface area contributed by atoms with Crippen molar-refractivity contribution in [3.8, 4) is 0 Å². The Labute approximate surface area is 43.3 Å². The molecular weight excluding hydrogens is 143 g/mol. The van der Waals surface area contributed by atoms with Gasteiger partial charge in [0.1, 0.15) is 0 Å². The second-order valence-electron chi connectivity index (χ2n) is 1.39. The average Bonchev–Trinajstić information content (AvgIpc) is 1.35. The Morgan fingerprint density at radius 2 is 2.00 bits per heavy atom. The van der Waals surface area contributed by atoms with Gasteiger partial charge in [0.15, 0.2) is 0 Å². The van der Waals surface area contributed by atoms with Crippen LogP contribution in [-0.4, -0.2) is 20.5 Å². The van der Waals surface area contributed by atoms with Crippen LogP contribution in [0.3, 0.4) is 0 Å². The fourth-order valence-corrected chi connectivity index (χ4v) is 0.866. The third-order valence-corrected chi connectivity index (χ3v) is 2.55. The van der Waals surface area contributed by atoms with Crippen molar-refractivity contribution in [1.82, 2.24) is 0 Å². The van der Waals surface area contributed by atoms with E-state index in [9.17, 15) is 5.11 Å². The van der Waals surface area contributed by atoms with Crippen molar-refractivity contribution < 1.29 is 5.11 Å². The van der Waals surface area contributed by atoms with Gasteiger partial charge in [-0.3, -0.25) is 0 Å². The van der Waals surface area contributed by atoms with Crippen molar-refractivity contribution in [1.29, 1.82) is 0 Å². The van der Waals surface area contributed by atoms with Crippen molar-refractivity contribution in [3.63, 3.8) is 0 Å². The molecule has 0 amide bonds. The molecule has 0 unspecified atom stereocenters. The Hall–Kier alpha value is 0.479. The van der Waals surface area contributed by atoms with E-state index >= 15 is 0 Å². The fourth-order valence-electron chi connectivity index (χ4n) is 0.167. The van der Waals surface area contributed by atoms with E-state index in [1.165, 1.54) is 0 Å². The molecule has 0 aliphatic carbocycles. The van der Waals surface area contributed by atoms with E-state index in [0.29, 0.717) is 0 Å². The molecule has 1 nitrogen and oxygen atoms in total. The Morgan fingerprint density at radius 1 is 1.50 bits per heavy atom. The van der Waals surface area contributed by atoms with Gasteiger partial charge < -0.3 is 0 Å². The van der Waals surface area contributed by atoms with Crippen LogP contribution in [0.4, 0.5) is 0 Å². The molecule has 0 saturated heterocycles. The van der Waals surface area contributed by atoms with Gasteiger partial charge in [-0.1, -0.05) is 0 Å². The second-order valence-corrected chi connectivity index (χ2v) is 6.39. The summed E-state index contributed by atoms with van der Waals surface area (Å²) in [7, 11) is 0. The van der Waals surface area contributed by atoms with E-state index < -0.39 is 0 Å². The molecule has 0 saturated carbocycles. The molecule has 0 N–H and O–H groups in total. The van der Waals surface area contributed by atoms with Crippen molar-refractivity contribution in [3.05, 3.63) is 0 Å². The van der Waals surface area contributed by atoms with Crippen LogP contribution in [0.25, 0.3) is 0 Å². The van der Waals surface area contributed by atoms with E-state index in [1.807, 2.05) is 0 Å². The summed E-state index contributed by atoms with van der Waals surface area (Å²) < 4.78 is 0. The van der Waals surface area contributed by atoms with Crippen LogP contribution in [0.2, 0.25) is 17.0 Å². The van der Waals surface area contributed by atoms with E-state index in [0.717, 1.165) is 5.32 Å². The molecule has 0 radical (unpaired) electrons. The summed E-state index contributed by atoms with van der Waals surface area (Å²) in [6.45, 7) is 0.137. The van der Waals surface area contributed by atoms with Gasteiger partial charge in [-0.25, -0.2) is 0 Å². The maximum absolute atomic E-state index is 9.77. The van der Waals surface area contributed by atoms with Gasteiger partial charge in [0.2, 0.25) is 0 Å². The SMILES string of the molecule is C[Se+](C)CC[O-]. The number of rotatable bonds is 2. The zero-order chi connectivity index (χ0) is 4.99. The van der Waals surface area contributed by atoms with Crippen LogP contribution < -0.4 is 5.11 Å². The quantitative estimate of drug-likeness (QED) is 0.516. The van der Waals surface area contributed by atoms with Crippen molar-refractivity contribution >= 4 is 13.9 Å².